The SMILES string of the molecule is COc1ccc(C(C)Nc2c(Br)cc(Br)cc2Br)cc1F. The fourth-order valence-electron chi connectivity index (χ4n) is 1.93. The molecule has 21 heavy (non-hydrogen) atoms. The lowest BCUT2D eigenvalue weighted by Crippen LogP contribution is -2.08. The zero-order valence-electron chi connectivity index (χ0n) is 11.4. The molecule has 112 valence electrons. The van der Waals surface area contributed by atoms with Crippen molar-refractivity contribution in [3.63, 3.8) is 0 Å². The summed E-state index contributed by atoms with van der Waals surface area (Å²) in [5, 5.41) is 3.36. The highest BCUT2D eigenvalue weighted by atomic mass is 79.9. The van der Waals surface area contributed by atoms with E-state index in [4.69, 9.17) is 4.74 Å². The Morgan fingerprint density at radius 3 is 2.24 bits per heavy atom. The number of anilines is 1. The first-order chi connectivity index (χ1) is 9.92. The molecule has 0 radical (unpaired) electrons. The van der Waals surface area contributed by atoms with Crippen molar-refractivity contribution < 1.29 is 9.13 Å². The van der Waals surface area contributed by atoms with E-state index >= 15 is 0 Å². The van der Waals surface area contributed by atoms with Gasteiger partial charge in [0.1, 0.15) is 0 Å². The van der Waals surface area contributed by atoms with E-state index in [0.717, 1.165) is 24.7 Å². The Hall–Kier alpha value is -0.590. The third kappa shape index (κ3) is 3.99. The second-order valence-electron chi connectivity index (χ2n) is 4.50. The van der Waals surface area contributed by atoms with Gasteiger partial charge in [0.2, 0.25) is 0 Å². The maximum Gasteiger partial charge on any atom is 0.165 e. The van der Waals surface area contributed by atoms with Gasteiger partial charge in [-0.15, -0.1) is 0 Å². The Bertz CT molecular complexity index is 640. The number of benzene rings is 2. The lowest BCUT2D eigenvalue weighted by atomic mass is 10.1. The van der Waals surface area contributed by atoms with Gasteiger partial charge in [-0.1, -0.05) is 22.0 Å². The van der Waals surface area contributed by atoms with Gasteiger partial charge in [-0.25, -0.2) is 4.39 Å². The van der Waals surface area contributed by atoms with Crippen LogP contribution in [0.25, 0.3) is 0 Å². The van der Waals surface area contributed by atoms with E-state index in [1.54, 1.807) is 6.07 Å². The molecule has 2 aromatic carbocycles. The summed E-state index contributed by atoms with van der Waals surface area (Å²) >= 11 is 10.5. The quantitative estimate of drug-likeness (QED) is 0.553. The highest BCUT2D eigenvalue weighted by Gasteiger charge is 2.13. The molecule has 0 aliphatic rings. The Morgan fingerprint density at radius 1 is 1.10 bits per heavy atom. The van der Waals surface area contributed by atoms with Crippen molar-refractivity contribution in [1.82, 2.24) is 0 Å². The van der Waals surface area contributed by atoms with Gasteiger partial charge in [-0.05, 0) is 68.6 Å². The summed E-state index contributed by atoms with van der Waals surface area (Å²) in [5.74, 6) is -0.116. The highest BCUT2D eigenvalue weighted by Crippen LogP contribution is 2.36. The monoisotopic (exact) mass is 479 g/mol. The molecule has 0 bridgehead atoms. The van der Waals surface area contributed by atoms with Crippen molar-refractivity contribution in [3.8, 4) is 5.75 Å². The van der Waals surface area contributed by atoms with Gasteiger partial charge < -0.3 is 10.1 Å². The van der Waals surface area contributed by atoms with Gasteiger partial charge in [0.05, 0.1) is 12.8 Å². The molecule has 0 spiro atoms. The van der Waals surface area contributed by atoms with Gasteiger partial charge >= 0.3 is 0 Å². The van der Waals surface area contributed by atoms with Gasteiger partial charge in [0, 0.05) is 19.5 Å². The van der Waals surface area contributed by atoms with Gasteiger partial charge in [0.25, 0.3) is 0 Å². The van der Waals surface area contributed by atoms with Crippen LogP contribution in [0.2, 0.25) is 0 Å². The number of hydrogen-bond donors (Lipinski definition) is 1. The van der Waals surface area contributed by atoms with E-state index in [-0.39, 0.29) is 17.6 Å². The number of halogens is 4. The average Bonchev–Trinajstić information content (AvgIpc) is 2.42. The fourth-order valence-corrected chi connectivity index (χ4v) is 4.42. The van der Waals surface area contributed by atoms with E-state index in [2.05, 4.69) is 53.1 Å². The molecule has 2 nitrogen and oxygen atoms in total. The first-order valence-corrected chi connectivity index (χ1v) is 8.54. The largest absolute Gasteiger partial charge is 0.494 e. The normalized spacial score (nSPS) is 12.1. The van der Waals surface area contributed by atoms with Crippen LogP contribution in [0.15, 0.2) is 43.7 Å². The predicted octanol–water partition coefficient (Wildman–Crippen LogP) is 6.29. The molecule has 0 aliphatic carbocycles. The minimum Gasteiger partial charge on any atom is -0.494 e. The summed E-state index contributed by atoms with van der Waals surface area (Å²) in [7, 11) is 1.45. The number of ether oxygens (including phenoxy) is 1. The Kier molecular flexibility index (Phi) is 5.68. The molecule has 0 heterocycles. The summed E-state index contributed by atoms with van der Waals surface area (Å²) in [5.41, 5.74) is 1.76. The Labute approximate surface area is 148 Å². The number of methoxy groups -OCH3 is 1. The summed E-state index contributed by atoms with van der Waals surface area (Å²) in [6.45, 7) is 1.97. The maximum absolute atomic E-state index is 13.8. The second kappa shape index (κ2) is 7.11. The van der Waals surface area contributed by atoms with E-state index in [0.29, 0.717) is 0 Å². The third-order valence-electron chi connectivity index (χ3n) is 3.04. The molecule has 0 aromatic heterocycles. The number of rotatable bonds is 4. The minimum absolute atomic E-state index is 0.0563. The van der Waals surface area contributed by atoms with Crippen molar-refractivity contribution in [3.05, 3.63) is 55.1 Å². The van der Waals surface area contributed by atoms with Crippen LogP contribution in [0.3, 0.4) is 0 Å². The van der Waals surface area contributed by atoms with E-state index in [1.807, 2.05) is 25.1 Å². The maximum atomic E-state index is 13.8. The molecule has 6 heteroatoms. The molecule has 2 rings (SSSR count). The van der Waals surface area contributed by atoms with Gasteiger partial charge in [-0.2, -0.15) is 0 Å². The van der Waals surface area contributed by atoms with Crippen molar-refractivity contribution in [2.45, 2.75) is 13.0 Å². The van der Waals surface area contributed by atoms with E-state index in [1.165, 1.54) is 13.2 Å². The molecule has 2 aromatic rings. The molecular formula is C15H13Br3FNO. The van der Waals surface area contributed by atoms with Crippen molar-refractivity contribution >= 4 is 53.5 Å². The first-order valence-electron chi connectivity index (χ1n) is 6.17. The van der Waals surface area contributed by atoms with E-state index in [9.17, 15) is 4.39 Å². The summed E-state index contributed by atoms with van der Waals surface area (Å²) in [4.78, 5) is 0. The summed E-state index contributed by atoms with van der Waals surface area (Å²) in [6.07, 6.45) is 0. The second-order valence-corrected chi connectivity index (χ2v) is 7.13. The molecule has 0 saturated carbocycles. The van der Waals surface area contributed by atoms with Crippen LogP contribution in [-0.2, 0) is 0 Å². The lowest BCUT2D eigenvalue weighted by molar-refractivity contribution is 0.386. The van der Waals surface area contributed by atoms with Crippen LogP contribution in [-0.4, -0.2) is 7.11 Å². The number of hydrogen-bond acceptors (Lipinski definition) is 2. The molecule has 0 fully saturated rings. The van der Waals surface area contributed by atoms with Crippen molar-refractivity contribution in [1.29, 1.82) is 0 Å². The number of nitrogens with one attached hydrogen (secondary N) is 1. The average molecular weight is 482 g/mol. The standard InChI is InChI=1S/C15H13Br3FNO/c1-8(9-3-4-14(21-2)13(19)5-9)20-15-11(17)6-10(16)7-12(15)18/h3-8,20H,1-2H3. The molecule has 1 N–H and O–H groups in total. The van der Waals surface area contributed by atoms with Crippen molar-refractivity contribution in [2.24, 2.45) is 0 Å². The molecule has 0 aliphatic heterocycles. The van der Waals surface area contributed by atoms with Gasteiger partial charge in [0.15, 0.2) is 11.6 Å². The van der Waals surface area contributed by atoms with Crippen LogP contribution in [0.4, 0.5) is 10.1 Å². The molecule has 1 unspecified atom stereocenters. The molecular weight excluding hydrogens is 469 g/mol. The highest BCUT2D eigenvalue weighted by molar-refractivity contribution is 9.11. The molecule has 0 amide bonds. The zero-order valence-corrected chi connectivity index (χ0v) is 16.1. The predicted molar refractivity (Wildman–Crippen MR) is 94.5 cm³/mol. The summed E-state index contributed by atoms with van der Waals surface area (Å²) < 4.78 is 21.5. The topological polar surface area (TPSA) is 21.3 Å². The summed E-state index contributed by atoms with van der Waals surface area (Å²) in [6, 6.07) is 8.81. The molecule has 0 saturated heterocycles. The smallest absolute Gasteiger partial charge is 0.165 e. The third-order valence-corrected chi connectivity index (χ3v) is 4.75. The van der Waals surface area contributed by atoms with Gasteiger partial charge in [-0.3, -0.25) is 0 Å². The fraction of sp³-hybridized carbons (Fsp3) is 0.200. The zero-order chi connectivity index (χ0) is 15.6. The Balaban J connectivity index is 2.26. The minimum atomic E-state index is -0.363. The van der Waals surface area contributed by atoms with E-state index < -0.39 is 0 Å². The van der Waals surface area contributed by atoms with Crippen LogP contribution in [0.5, 0.6) is 5.75 Å². The first kappa shape index (κ1) is 16.8. The Morgan fingerprint density at radius 2 is 1.71 bits per heavy atom. The van der Waals surface area contributed by atoms with Crippen LogP contribution >= 0.6 is 47.8 Å². The van der Waals surface area contributed by atoms with Crippen LogP contribution in [0.1, 0.15) is 18.5 Å². The van der Waals surface area contributed by atoms with Crippen molar-refractivity contribution in [2.75, 3.05) is 12.4 Å². The van der Waals surface area contributed by atoms with Crippen LogP contribution < -0.4 is 10.1 Å². The lowest BCUT2D eigenvalue weighted by Gasteiger charge is -2.19. The molecule has 1 atom stereocenters. The van der Waals surface area contributed by atoms with Crippen LogP contribution in [0, 0.1) is 5.82 Å².